The van der Waals surface area contributed by atoms with E-state index in [0.717, 1.165) is 5.56 Å². The Morgan fingerprint density at radius 3 is 2.32 bits per heavy atom. The van der Waals surface area contributed by atoms with Gasteiger partial charge >= 0.3 is 6.09 Å². The first-order valence-electron chi connectivity index (χ1n) is 6.93. The second kappa shape index (κ2) is 7.70. The molecule has 0 aromatic heterocycles. The molecular weight excluding hydrogens is 284 g/mol. The summed E-state index contributed by atoms with van der Waals surface area (Å²) in [6.07, 6.45) is 3.04. The van der Waals surface area contributed by atoms with Crippen LogP contribution in [-0.4, -0.2) is 32.5 Å². The number of hydrogen-bond acceptors (Lipinski definition) is 5. The van der Waals surface area contributed by atoms with E-state index in [1.807, 2.05) is 0 Å². The zero-order valence-corrected chi connectivity index (χ0v) is 13.7. The second-order valence-electron chi connectivity index (χ2n) is 5.56. The van der Waals surface area contributed by atoms with Crippen LogP contribution in [0.25, 0.3) is 6.08 Å². The first kappa shape index (κ1) is 17.8. The summed E-state index contributed by atoms with van der Waals surface area (Å²) in [5.41, 5.74) is 6.20. The largest absolute Gasteiger partial charge is 0.493 e. The Kier molecular flexibility index (Phi) is 6.24. The summed E-state index contributed by atoms with van der Waals surface area (Å²) < 4.78 is 15.8. The van der Waals surface area contributed by atoms with E-state index in [2.05, 4.69) is 5.32 Å². The molecule has 0 spiro atoms. The van der Waals surface area contributed by atoms with Crippen molar-refractivity contribution in [3.63, 3.8) is 0 Å². The van der Waals surface area contributed by atoms with Crippen LogP contribution in [-0.2, 0) is 4.74 Å². The third-order valence-electron chi connectivity index (χ3n) is 2.62. The van der Waals surface area contributed by atoms with Crippen molar-refractivity contribution < 1.29 is 19.0 Å². The van der Waals surface area contributed by atoms with Crippen molar-refractivity contribution in [2.75, 3.05) is 26.1 Å². The molecule has 0 aliphatic heterocycles. The van der Waals surface area contributed by atoms with Crippen LogP contribution >= 0.6 is 0 Å². The topological polar surface area (TPSA) is 82.8 Å². The minimum atomic E-state index is -0.575. The van der Waals surface area contributed by atoms with Gasteiger partial charge in [0.1, 0.15) is 5.60 Å². The standard InChI is InChI=1S/C16H24N2O4/c1-16(2,3)22-15(19)18-12-10-14(21-5)13(20-4)9-11(12)7-6-8-17/h6-7,9-10H,8,17H2,1-5H3,(H,18,19)/b7-6+. The van der Waals surface area contributed by atoms with Crippen LogP contribution < -0.4 is 20.5 Å². The van der Waals surface area contributed by atoms with Crippen molar-refractivity contribution in [2.45, 2.75) is 26.4 Å². The Morgan fingerprint density at radius 2 is 1.82 bits per heavy atom. The van der Waals surface area contributed by atoms with E-state index in [1.54, 1.807) is 52.2 Å². The molecule has 1 aromatic rings. The van der Waals surface area contributed by atoms with Crippen LogP contribution in [0.1, 0.15) is 26.3 Å². The lowest BCUT2D eigenvalue weighted by molar-refractivity contribution is 0.0636. The van der Waals surface area contributed by atoms with E-state index < -0.39 is 11.7 Å². The van der Waals surface area contributed by atoms with Gasteiger partial charge in [-0.1, -0.05) is 12.2 Å². The predicted molar refractivity (Wildman–Crippen MR) is 87.5 cm³/mol. The molecule has 0 saturated carbocycles. The van der Waals surface area contributed by atoms with Gasteiger partial charge in [-0.15, -0.1) is 0 Å². The summed E-state index contributed by atoms with van der Waals surface area (Å²) in [4.78, 5) is 12.0. The first-order valence-corrected chi connectivity index (χ1v) is 6.93. The van der Waals surface area contributed by atoms with Gasteiger partial charge in [0.15, 0.2) is 11.5 Å². The van der Waals surface area contributed by atoms with Crippen LogP contribution in [0, 0.1) is 0 Å². The van der Waals surface area contributed by atoms with Gasteiger partial charge in [0.25, 0.3) is 0 Å². The molecule has 0 fully saturated rings. The van der Waals surface area contributed by atoms with Gasteiger partial charge in [-0.05, 0) is 26.8 Å². The fourth-order valence-electron chi connectivity index (χ4n) is 1.75. The third kappa shape index (κ3) is 5.29. The summed E-state index contributed by atoms with van der Waals surface area (Å²) in [5, 5.41) is 2.71. The number of amides is 1. The number of nitrogens with two attached hydrogens (primary N) is 1. The molecule has 0 saturated heterocycles. The van der Waals surface area contributed by atoms with Crippen molar-refractivity contribution >= 4 is 17.9 Å². The minimum absolute atomic E-state index is 0.389. The van der Waals surface area contributed by atoms with Gasteiger partial charge in [0.2, 0.25) is 0 Å². The highest BCUT2D eigenvalue weighted by atomic mass is 16.6. The Labute approximate surface area is 131 Å². The molecule has 0 aliphatic carbocycles. The van der Waals surface area contributed by atoms with Gasteiger partial charge in [0, 0.05) is 18.2 Å². The fourth-order valence-corrected chi connectivity index (χ4v) is 1.75. The Balaban J connectivity index is 3.14. The van der Waals surface area contributed by atoms with Gasteiger partial charge < -0.3 is 19.9 Å². The number of carbonyl (C=O) groups excluding carboxylic acids is 1. The maximum Gasteiger partial charge on any atom is 0.412 e. The molecule has 1 aromatic carbocycles. The molecule has 3 N–H and O–H groups in total. The fraction of sp³-hybridized carbons (Fsp3) is 0.438. The monoisotopic (exact) mass is 308 g/mol. The predicted octanol–water partition coefficient (Wildman–Crippen LogP) is 3.02. The maximum absolute atomic E-state index is 12.0. The van der Waals surface area contributed by atoms with Gasteiger partial charge in [-0.2, -0.15) is 0 Å². The molecule has 0 radical (unpaired) electrons. The van der Waals surface area contributed by atoms with Gasteiger partial charge in [0.05, 0.1) is 19.9 Å². The summed E-state index contributed by atoms with van der Waals surface area (Å²) >= 11 is 0. The first-order chi connectivity index (χ1) is 10.3. The third-order valence-corrected chi connectivity index (χ3v) is 2.62. The quantitative estimate of drug-likeness (QED) is 0.873. The number of methoxy groups -OCH3 is 2. The number of rotatable bonds is 5. The Bertz CT molecular complexity index is 548. The highest BCUT2D eigenvalue weighted by Gasteiger charge is 2.18. The summed E-state index contributed by atoms with van der Waals surface area (Å²) in [5.74, 6) is 1.08. The van der Waals surface area contributed by atoms with Crippen molar-refractivity contribution in [2.24, 2.45) is 5.73 Å². The van der Waals surface area contributed by atoms with Crippen molar-refractivity contribution in [1.29, 1.82) is 0 Å². The second-order valence-corrected chi connectivity index (χ2v) is 5.56. The van der Waals surface area contributed by atoms with E-state index in [9.17, 15) is 4.79 Å². The number of ether oxygens (including phenoxy) is 3. The van der Waals surface area contributed by atoms with Gasteiger partial charge in [-0.25, -0.2) is 4.79 Å². The molecule has 0 atom stereocenters. The van der Waals surface area contributed by atoms with Crippen LogP contribution in [0.15, 0.2) is 18.2 Å². The molecule has 6 nitrogen and oxygen atoms in total. The molecule has 122 valence electrons. The summed E-state index contributed by atoms with van der Waals surface area (Å²) in [7, 11) is 3.08. The average Bonchev–Trinajstić information content (AvgIpc) is 2.43. The number of hydrogen-bond donors (Lipinski definition) is 2. The average molecular weight is 308 g/mol. The lowest BCUT2D eigenvalue weighted by atomic mass is 10.1. The van der Waals surface area contributed by atoms with E-state index >= 15 is 0 Å². The number of carbonyl (C=O) groups is 1. The van der Waals surface area contributed by atoms with Crippen LogP contribution in [0.3, 0.4) is 0 Å². The van der Waals surface area contributed by atoms with E-state index in [-0.39, 0.29) is 0 Å². The smallest absolute Gasteiger partial charge is 0.412 e. The minimum Gasteiger partial charge on any atom is -0.493 e. The van der Waals surface area contributed by atoms with Crippen molar-refractivity contribution in [1.82, 2.24) is 0 Å². The van der Waals surface area contributed by atoms with E-state index in [1.165, 1.54) is 7.11 Å². The molecule has 6 heteroatoms. The molecule has 22 heavy (non-hydrogen) atoms. The summed E-state index contributed by atoms with van der Waals surface area (Å²) in [6, 6.07) is 3.44. The molecule has 1 rings (SSSR count). The molecule has 1 amide bonds. The zero-order chi connectivity index (χ0) is 16.8. The van der Waals surface area contributed by atoms with E-state index in [0.29, 0.717) is 23.7 Å². The number of benzene rings is 1. The van der Waals surface area contributed by atoms with Crippen LogP contribution in [0.4, 0.5) is 10.5 Å². The molecule has 0 heterocycles. The van der Waals surface area contributed by atoms with Gasteiger partial charge in [-0.3, -0.25) is 5.32 Å². The van der Waals surface area contributed by atoms with Crippen molar-refractivity contribution in [3.05, 3.63) is 23.8 Å². The molecule has 0 bridgehead atoms. The highest BCUT2D eigenvalue weighted by Crippen LogP contribution is 2.34. The van der Waals surface area contributed by atoms with Crippen LogP contribution in [0.2, 0.25) is 0 Å². The van der Waals surface area contributed by atoms with Crippen molar-refractivity contribution in [3.8, 4) is 11.5 Å². The Hall–Kier alpha value is -2.21. The normalized spacial score (nSPS) is 11.4. The number of nitrogens with one attached hydrogen (secondary N) is 1. The molecule has 0 aliphatic rings. The van der Waals surface area contributed by atoms with E-state index in [4.69, 9.17) is 19.9 Å². The zero-order valence-electron chi connectivity index (χ0n) is 13.7. The summed E-state index contributed by atoms with van der Waals surface area (Å²) in [6.45, 7) is 5.80. The number of anilines is 1. The highest BCUT2D eigenvalue weighted by molar-refractivity contribution is 5.89. The molecular formula is C16H24N2O4. The lowest BCUT2D eigenvalue weighted by Gasteiger charge is -2.20. The SMILES string of the molecule is COc1cc(/C=C/CN)c(NC(=O)OC(C)(C)C)cc1OC. The van der Waals surface area contributed by atoms with Crippen LogP contribution in [0.5, 0.6) is 11.5 Å². The maximum atomic E-state index is 12.0. The lowest BCUT2D eigenvalue weighted by Crippen LogP contribution is -2.27. The Morgan fingerprint density at radius 1 is 1.23 bits per heavy atom. The molecule has 0 unspecified atom stereocenters.